The molecule has 1 atom stereocenters. The SMILES string of the molecule is Cc1ccc(F)cc1[C@@H]1CNC(=O)CO1. The molecule has 1 fully saturated rings. The third kappa shape index (κ3) is 2.15. The Hall–Kier alpha value is -1.42. The molecular weight excluding hydrogens is 197 g/mol. The fraction of sp³-hybridized carbons (Fsp3) is 0.364. The Kier molecular flexibility index (Phi) is 2.68. The van der Waals surface area contributed by atoms with E-state index in [2.05, 4.69) is 5.32 Å². The van der Waals surface area contributed by atoms with Gasteiger partial charge < -0.3 is 10.1 Å². The molecule has 15 heavy (non-hydrogen) atoms. The molecule has 1 aliphatic rings. The Balaban J connectivity index is 2.21. The standard InChI is InChI=1S/C11H12FNO2/c1-7-2-3-8(12)4-9(7)10-5-13-11(14)6-15-10/h2-4,10H,5-6H2,1H3,(H,13,14)/t10-/m0/s1. The zero-order chi connectivity index (χ0) is 10.8. The topological polar surface area (TPSA) is 38.3 Å². The van der Waals surface area contributed by atoms with Crippen molar-refractivity contribution < 1.29 is 13.9 Å². The zero-order valence-corrected chi connectivity index (χ0v) is 8.42. The van der Waals surface area contributed by atoms with Crippen LogP contribution in [0.2, 0.25) is 0 Å². The Labute approximate surface area is 87.2 Å². The molecule has 1 N–H and O–H groups in total. The van der Waals surface area contributed by atoms with Gasteiger partial charge in [0.15, 0.2) is 0 Å². The van der Waals surface area contributed by atoms with Crippen LogP contribution in [0.4, 0.5) is 4.39 Å². The van der Waals surface area contributed by atoms with Crippen molar-refractivity contribution in [2.75, 3.05) is 13.2 Å². The maximum Gasteiger partial charge on any atom is 0.246 e. The van der Waals surface area contributed by atoms with Crippen molar-refractivity contribution in [3.05, 3.63) is 35.1 Å². The third-order valence-corrected chi connectivity index (χ3v) is 2.49. The largest absolute Gasteiger partial charge is 0.362 e. The Morgan fingerprint density at radius 3 is 3.00 bits per heavy atom. The summed E-state index contributed by atoms with van der Waals surface area (Å²) in [6, 6.07) is 4.59. The number of rotatable bonds is 1. The van der Waals surface area contributed by atoms with E-state index in [0.717, 1.165) is 11.1 Å². The molecule has 2 rings (SSSR count). The van der Waals surface area contributed by atoms with Gasteiger partial charge >= 0.3 is 0 Å². The number of hydrogen-bond donors (Lipinski definition) is 1. The molecule has 3 nitrogen and oxygen atoms in total. The van der Waals surface area contributed by atoms with Crippen LogP contribution in [0.25, 0.3) is 0 Å². The lowest BCUT2D eigenvalue weighted by molar-refractivity contribution is -0.133. The van der Waals surface area contributed by atoms with E-state index in [1.165, 1.54) is 12.1 Å². The number of nitrogens with one attached hydrogen (secondary N) is 1. The summed E-state index contributed by atoms with van der Waals surface area (Å²) < 4.78 is 18.4. The Morgan fingerprint density at radius 1 is 1.53 bits per heavy atom. The first-order valence-corrected chi connectivity index (χ1v) is 4.81. The van der Waals surface area contributed by atoms with Crippen LogP contribution in [0.3, 0.4) is 0 Å². The molecular formula is C11H12FNO2. The molecule has 0 radical (unpaired) electrons. The fourth-order valence-electron chi connectivity index (χ4n) is 1.65. The van der Waals surface area contributed by atoms with E-state index in [9.17, 15) is 9.18 Å². The van der Waals surface area contributed by atoms with E-state index in [-0.39, 0.29) is 24.4 Å². The van der Waals surface area contributed by atoms with Gasteiger partial charge in [-0.2, -0.15) is 0 Å². The number of amides is 1. The van der Waals surface area contributed by atoms with Gasteiger partial charge in [-0.1, -0.05) is 6.07 Å². The highest BCUT2D eigenvalue weighted by Crippen LogP contribution is 2.23. The minimum absolute atomic E-state index is 0.0423. The molecule has 1 saturated heterocycles. The lowest BCUT2D eigenvalue weighted by atomic mass is 10.0. The summed E-state index contributed by atoms with van der Waals surface area (Å²) in [7, 11) is 0. The summed E-state index contributed by atoms with van der Waals surface area (Å²) in [5, 5.41) is 2.69. The van der Waals surface area contributed by atoms with Crippen molar-refractivity contribution in [1.82, 2.24) is 5.32 Å². The summed E-state index contributed by atoms with van der Waals surface area (Å²) in [5.41, 5.74) is 1.77. The predicted molar refractivity (Wildman–Crippen MR) is 52.8 cm³/mol. The van der Waals surface area contributed by atoms with E-state index < -0.39 is 0 Å². The van der Waals surface area contributed by atoms with Gasteiger partial charge in [0.1, 0.15) is 18.5 Å². The van der Waals surface area contributed by atoms with E-state index in [0.29, 0.717) is 6.54 Å². The van der Waals surface area contributed by atoms with Crippen LogP contribution in [-0.4, -0.2) is 19.1 Å². The zero-order valence-electron chi connectivity index (χ0n) is 8.42. The first-order valence-electron chi connectivity index (χ1n) is 4.81. The summed E-state index contributed by atoms with van der Waals surface area (Å²) in [5.74, 6) is -0.406. The van der Waals surface area contributed by atoms with Crippen LogP contribution in [0, 0.1) is 12.7 Å². The lowest BCUT2D eigenvalue weighted by Gasteiger charge is -2.24. The summed E-state index contributed by atoms with van der Waals surface area (Å²) in [6.07, 6.45) is -0.238. The second-order valence-corrected chi connectivity index (χ2v) is 3.60. The van der Waals surface area contributed by atoms with Crippen LogP contribution >= 0.6 is 0 Å². The van der Waals surface area contributed by atoms with Crippen LogP contribution in [-0.2, 0) is 9.53 Å². The summed E-state index contributed by atoms with van der Waals surface area (Å²) >= 11 is 0. The van der Waals surface area contributed by atoms with Crippen molar-refractivity contribution in [2.45, 2.75) is 13.0 Å². The molecule has 0 saturated carbocycles. The van der Waals surface area contributed by atoms with Crippen LogP contribution in [0.1, 0.15) is 17.2 Å². The van der Waals surface area contributed by atoms with Gasteiger partial charge in [-0.3, -0.25) is 4.79 Å². The third-order valence-electron chi connectivity index (χ3n) is 2.49. The normalized spacial score (nSPS) is 21.2. The van der Waals surface area contributed by atoms with Gasteiger partial charge in [0.25, 0.3) is 0 Å². The fourth-order valence-corrected chi connectivity index (χ4v) is 1.65. The molecule has 0 unspecified atom stereocenters. The van der Waals surface area contributed by atoms with E-state index in [1.807, 2.05) is 6.92 Å². The molecule has 1 heterocycles. The van der Waals surface area contributed by atoms with Gasteiger partial charge in [0, 0.05) is 6.54 Å². The average Bonchev–Trinajstić information content (AvgIpc) is 2.23. The molecule has 1 aliphatic heterocycles. The molecule has 0 aromatic heterocycles. The van der Waals surface area contributed by atoms with Crippen molar-refractivity contribution >= 4 is 5.91 Å². The number of hydrogen-bond acceptors (Lipinski definition) is 2. The van der Waals surface area contributed by atoms with Crippen molar-refractivity contribution in [1.29, 1.82) is 0 Å². The van der Waals surface area contributed by atoms with E-state index in [4.69, 9.17) is 4.74 Å². The second-order valence-electron chi connectivity index (χ2n) is 3.60. The quantitative estimate of drug-likeness (QED) is 0.757. The smallest absolute Gasteiger partial charge is 0.246 e. The molecule has 1 amide bonds. The number of halogens is 1. The maximum atomic E-state index is 13.0. The van der Waals surface area contributed by atoms with Crippen molar-refractivity contribution in [3.63, 3.8) is 0 Å². The maximum absolute atomic E-state index is 13.0. The summed E-state index contributed by atoms with van der Waals surface area (Å²) in [6.45, 7) is 2.35. The monoisotopic (exact) mass is 209 g/mol. The minimum Gasteiger partial charge on any atom is -0.362 e. The Morgan fingerprint density at radius 2 is 2.33 bits per heavy atom. The number of morpholine rings is 1. The second kappa shape index (κ2) is 3.98. The average molecular weight is 209 g/mol. The number of aryl methyl sites for hydroxylation is 1. The molecule has 0 aliphatic carbocycles. The van der Waals surface area contributed by atoms with Gasteiger partial charge in [-0.25, -0.2) is 4.39 Å². The molecule has 0 bridgehead atoms. The molecule has 1 aromatic carbocycles. The summed E-state index contributed by atoms with van der Waals surface area (Å²) in [4.78, 5) is 10.9. The first-order chi connectivity index (χ1) is 7.16. The van der Waals surface area contributed by atoms with E-state index >= 15 is 0 Å². The van der Waals surface area contributed by atoms with Crippen molar-refractivity contribution in [3.8, 4) is 0 Å². The van der Waals surface area contributed by atoms with Gasteiger partial charge in [0.2, 0.25) is 5.91 Å². The number of benzene rings is 1. The predicted octanol–water partition coefficient (Wildman–Crippen LogP) is 1.32. The molecule has 4 heteroatoms. The molecule has 80 valence electrons. The minimum atomic E-state index is -0.281. The van der Waals surface area contributed by atoms with Crippen LogP contribution in [0.15, 0.2) is 18.2 Å². The molecule has 1 aromatic rings. The van der Waals surface area contributed by atoms with Gasteiger partial charge in [0.05, 0.1) is 0 Å². The Bertz CT molecular complexity index is 382. The highest BCUT2D eigenvalue weighted by atomic mass is 19.1. The first kappa shape index (κ1) is 10.1. The van der Waals surface area contributed by atoms with Gasteiger partial charge in [-0.15, -0.1) is 0 Å². The highest BCUT2D eigenvalue weighted by Gasteiger charge is 2.21. The number of ether oxygens (including phenoxy) is 1. The van der Waals surface area contributed by atoms with Gasteiger partial charge in [-0.05, 0) is 30.2 Å². The lowest BCUT2D eigenvalue weighted by Crippen LogP contribution is -2.38. The van der Waals surface area contributed by atoms with E-state index in [1.54, 1.807) is 6.07 Å². The van der Waals surface area contributed by atoms with Crippen LogP contribution in [0.5, 0.6) is 0 Å². The van der Waals surface area contributed by atoms with Crippen molar-refractivity contribution in [2.24, 2.45) is 0 Å². The highest BCUT2D eigenvalue weighted by molar-refractivity contribution is 5.77. The molecule has 0 spiro atoms. The number of carbonyl (C=O) groups is 1. The van der Waals surface area contributed by atoms with Crippen LogP contribution < -0.4 is 5.32 Å². The number of carbonyl (C=O) groups excluding carboxylic acids is 1.